The first-order chi connectivity index (χ1) is 12.7. The highest BCUT2D eigenvalue weighted by Gasteiger charge is 2.11. The lowest BCUT2D eigenvalue weighted by atomic mass is 10.2. The number of aromatic nitrogens is 1. The summed E-state index contributed by atoms with van der Waals surface area (Å²) in [5, 5.41) is 2.68. The van der Waals surface area contributed by atoms with Gasteiger partial charge in [0, 0.05) is 9.85 Å². The second-order valence-corrected chi connectivity index (χ2v) is 7.02. The third-order valence-electron chi connectivity index (χ3n) is 3.44. The molecule has 3 aromatic rings. The Bertz CT molecular complexity index is 879. The van der Waals surface area contributed by atoms with Crippen LogP contribution in [0.25, 0.3) is 10.6 Å². The van der Waals surface area contributed by atoms with Crippen molar-refractivity contribution >= 4 is 33.2 Å². The van der Waals surface area contributed by atoms with Gasteiger partial charge in [-0.25, -0.2) is 9.78 Å². The lowest BCUT2D eigenvalue weighted by Gasteiger charge is -2.06. The standard InChI is InChI=1S/C19H16BrNO4S/c1-23-17-5-3-2-4-16(17)19-21-14(12-26-19)10-25-18(22)11-24-15-8-6-13(20)7-9-15/h2-9,12H,10-11H2,1H3. The molecular formula is C19H16BrNO4S. The van der Waals surface area contributed by atoms with Crippen LogP contribution in [0.2, 0.25) is 0 Å². The van der Waals surface area contributed by atoms with Gasteiger partial charge in [-0.3, -0.25) is 0 Å². The minimum Gasteiger partial charge on any atom is -0.496 e. The number of nitrogens with zero attached hydrogens (tertiary/aromatic N) is 1. The fourth-order valence-electron chi connectivity index (χ4n) is 2.19. The zero-order valence-corrected chi connectivity index (χ0v) is 16.4. The van der Waals surface area contributed by atoms with Gasteiger partial charge in [-0.15, -0.1) is 11.3 Å². The van der Waals surface area contributed by atoms with Crippen molar-refractivity contribution in [1.82, 2.24) is 4.98 Å². The van der Waals surface area contributed by atoms with Gasteiger partial charge in [-0.05, 0) is 36.4 Å². The molecule has 134 valence electrons. The summed E-state index contributed by atoms with van der Waals surface area (Å²) in [6.45, 7) is -0.0423. The average Bonchev–Trinajstić information content (AvgIpc) is 3.14. The maximum Gasteiger partial charge on any atom is 0.344 e. The van der Waals surface area contributed by atoms with Gasteiger partial charge in [0.1, 0.15) is 23.1 Å². The van der Waals surface area contributed by atoms with Gasteiger partial charge in [0.05, 0.1) is 18.4 Å². The Kier molecular flexibility index (Phi) is 6.25. The van der Waals surface area contributed by atoms with Gasteiger partial charge in [-0.2, -0.15) is 0 Å². The molecule has 1 heterocycles. The van der Waals surface area contributed by atoms with Crippen molar-refractivity contribution in [3.8, 4) is 22.1 Å². The van der Waals surface area contributed by atoms with E-state index in [1.54, 1.807) is 19.2 Å². The molecule has 0 aliphatic rings. The maximum absolute atomic E-state index is 11.8. The quantitative estimate of drug-likeness (QED) is 0.505. The second-order valence-electron chi connectivity index (χ2n) is 5.25. The topological polar surface area (TPSA) is 57.7 Å². The Labute approximate surface area is 163 Å². The van der Waals surface area contributed by atoms with E-state index in [1.165, 1.54) is 11.3 Å². The van der Waals surface area contributed by atoms with Crippen LogP contribution in [0.4, 0.5) is 0 Å². The van der Waals surface area contributed by atoms with Crippen LogP contribution in [0.1, 0.15) is 5.69 Å². The average molecular weight is 434 g/mol. The summed E-state index contributed by atoms with van der Waals surface area (Å²) < 4.78 is 16.9. The van der Waals surface area contributed by atoms with Gasteiger partial charge < -0.3 is 14.2 Å². The van der Waals surface area contributed by atoms with Crippen LogP contribution in [-0.2, 0) is 16.1 Å². The zero-order chi connectivity index (χ0) is 18.4. The molecule has 0 unspecified atom stereocenters. The summed E-state index contributed by atoms with van der Waals surface area (Å²) in [4.78, 5) is 16.3. The molecular weight excluding hydrogens is 418 g/mol. The minimum atomic E-state index is -0.445. The van der Waals surface area contributed by atoms with Gasteiger partial charge in [0.15, 0.2) is 6.61 Å². The van der Waals surface area contributed by atoms with E-state index in [2.05, 4.69) is 20.9 Å². The molecule has 7 heteroatoms. The lowest BCUT2D eigenvalue weighted by molar-refractivity contribution is -0.147. The molecule has 0 saturated heterocycles. The van der Waals surface area contributed by atoms with E-state index in [0.29, 0.717) is 11.4 Å². The molecule has 2 aromatic carbocycles. The van der Waals surface area contributed by atoms with Crippen LogP contribution in [0.15, 0.2) is 58.4 Å². The van der Waals surface area contributed by atoms with E-state index in [9.17, 15) is 4.79 Å². The summed E-state index contributed by atoms with van der Waals surface area (Å²) >= 11 is 4.82. The van der Waals surface area contributed by atoms with Crippen molar-refractivity contribution in [3.05, 3.63) is 64.1 Å². The monoisotopic (exact) mass is 433 g/mol. The Hall–Kier alpha value is -2.38. The highest BCUT2D eigenvalue weighted by Crippen LogP contribution is 2.31. The number of thiazole rings is 1. The van der Waals surface area contributed by atoms with Crippen LogP contribution < -0.4 is 9.47 Å². The number of carbonyl (C=O) groups is 1. The van der Waals surface area contributed by atoms with Crippen molar-refractivity contribution in [2.24, 2.45) is 0 Å². The van der Waals surface area contributed by atoms with Gasteiger partial charge in [0.2, 0.25) is 0 Å². The Balaban J connectivity index is 1.53. The Morgan fingerprint density at radius 1 is 1.15 bits per heavy atom. The third kappa shape index (κ3) is 4.83. The SMILES string of the molecule is COc1ccccc1-c1nc(COC(=O)COc2ccc(Br)cc2)cs1. The molecule has 3 rings (SSSR count). The summed E-state index contributed by atoms with van der Waals surface area (Å²) in [5.74, 6) is 0.922. The number of methoxy groups -OCH3 is 1. The van der Waals surface area contributed by atoms with Crippen molar-refractivity contribution < 1.29 is 19.0 Å². The number of esters is 1. The molecule has 0 fully saturated rings. The van der Waals surface area contributed by atoms with Crippen molar-refractivity contribution in [2.45, 2.75) is 6.61 Å². The number of hydrogen-bond donors (Lipinski definition) is 0. The van der Waals surface area contributed by atoms with Crippen LogP contribution >= 0.6 is 27.3 Å². The fourth-order valence-corrected chi connectivity index (χ4v) is 3.29. The largest absolute Gasteiger partial charge is 0.496 e. The first kappa shape index (κ1) is 18.4. The molecule has 0 radical (unpaired) electrons. The summed E-state index contributed by atoms with van der Waals surface area (Å²) in [7, 11) is 1.63. The predicted molar refractivity (Wildman–Crippen MR) is 104 cm³/mol. The Morgan fingerprint density at radius 3 is 2.69 bits per heavy atom. The number of carbonyl (C=O) groups excluding carboxylic acids is 1. The molecule has 26 heavy (non-hydrogen) atoms. The molecule has 0 amide bonds. The van der Waals surface area contributed by atoms with Crippen molar-refractivity contribution in [3.63, 3.8) is 0 Å². The molecule has 5 nitrogen and oxygen atoms in total. The van der Waals surface area contributed by atoms with Crippen molar-refractivity contribution in [1.29, 1.82) is 0 Å². The first-order valence-corrected chi connectivity index (χ1v) is 9.45. The van der Waals surface area contributed by atoms with E-state index in [-0.39, 0.29) is 13.2 Å². The smallest absolute Gasteiger partial charge is 0.344 e. The van der Waals surface area contributed by atoms with E-state index in [4.69, 9.17) is 14.2 Å². The predicted octanol–water partition coefficient (Wildman–Crippen LogP) is 4.70. The summed E-state index contributed by atoms with van der Waals surface area (Å²) in [6, 6.07) is 14.9. The van der Waals surface area contributed by atoms with Crippen LogP contribution in [-0.4, -0.2) is 24.7 Å². The van der Waals surface area contributed by atoms with E-state index in [1.807, 2.05) is 41.8 Å². The highest BCUT2D eigenvalue weighted by molar-refractivity contribution is 9.10. The number of hydrogen-bond acceptors (Lipinski definition) is 6. The molecule has 0 aliphatic heterocycles. The first-order valence-electron chi connectivity index (χ1n) is 7.77. The van der Waals surface area contributed by atoms with E-state index >= 15 is 0 Å². The normalized spacial score (nSPS) is 10.4. The highest BCUT2D eigenvalue weighted by atomic mass is 79.9. The molecule has 0 saturated carbocycles. The Morgan fingerprint density at radius 2 is 1.92 bits per heavy atom. The summed E-state index contributed by atoms with van der Waals surface area (Å²) in [6.07, 6.45) is 0. The van der Waals surface area contributed by atoms with Gasteiger partial charge in [-0.1, -0.05) is 28.1 Å². The fraction of sp³-hybridized carbons (Fsp3) is 0.158. The van der Waals surface area contributed by atoms with Crippen LogP contribution in [0, 0.1) is 0 Å². The number of rotatable bonds is 7. The van der Waals surface area contributed by atoms with Gasteiger partial charge >= 0.3 is 5.97 Å². The minimum absolute atomic E-state index is 0.105. The zero-order valence-electron chi connectivity index (χ0n) is 14.0. The molecule has 0 spiro atoms. The molecule has 0 bridgehead atoms. The molecule has 0 aliphatic carbocycles. The number of benzene rings is 2. The number of para-hydroxylation sites is 1. The van der Waals surface area contributed by atoms with E-state index in [0.717, 1.165) is 20.8 Å². The third-order valence-corrected chi connectivity index (χ3v) is 4.89. The van der Waals surface area contributed by atoms with Crippen LogP contribution in [0.3, 0.4) is 0 Å². The lowest BCUT2D eigenvalue weighted by Crippen LogP contribution is -2.14. The molecule has 0 N–H and O–H groups in total. The van der Waals surface area contributed by atoms with Crippen LogP contribution in [0.5, 0.6) is 11.5 Å². The number of halogens is 1. The maximum atomic E-state index is 11.8. The van der Waals surface area contributed by atoms with Crippen molar-refractivity contribution in [2.75, 3.05) is 13.7 Å². The number of ether oxygens (including phenoxy) is 3. The second kappa shape index (κ2) is 8.82. The van der Waals surface area contributed by atoms with Gasteiger partial charge in [0.25, 0.3) is 0 Å². The molecule has 1 aromatic heterocycles. The van der Waals surface area contributed by atoms with E-state index < -0.39 is 5.97 Å². The summed E-state index contributed by atoms with van der Waals surface area (Å²) in [5.41, 5.74) is 1.60. The molecule has 0 atom stereocenters.